The summed E-state index contributed by atoms with van der Waals surface area (Å²) in [6.07, 6.45) is 2.37. The highest BCUT2D eigenvalue weighted by Crippen LogP contribution is 2.33. The van der Waals surface area contributed by atoms with Crippen LogP contribution in [0.4, 0.5) is 0 Å². The summed E-state index contributed by atoms with van der Waals surface area (Å²) < 4.78 is 16.0. The lowest BCUT2D eigenvalue weighted by Gasteiger charge is -2.25. The summed E-state index contributed by atoms with van der Waals surface area (Å²) in [5.41, 5.74) is 2.80. The van der Waals surface area contributed by atoms with Crippen LogP contribution in [0.25, 0.3) is 0 Å². The molecule has 0 aromatic heterocycles. The van der Waals surface area contributed by atoms with E-state index in [0.29, 0.717) is 31.0 Å². The summed E-state index contributed by atoms with van der Waals surface area (Å²) >= 11 is 0. The van der Waals surface area contributed by atoms with Crippen molar-refractivity contribution in [2.75, 3.05) is 27.9 Å². The van der Waals surface area contributed by atoms with E-state index in [9.17, 15) is 4.79 Å². The Morgan fingerprint density at radius 3 is 2.58 bits per heavy atom. The van der Waals surface area contributed by atoms with Crippen LogP contribution < -0.4 is 14.2 Å². The molecule has 0 spiro atoms. The first-order chi connectivity index (χ1) is 15.1. The van der Waals surface area contributed by atoms with Gasteiger partial charge in [-0.25, -0.2) is 0 Å². The van der Waals surface area contributed by atoms with Crippen molar-refractivity contribution in [3.8, 4) is 17.2 Å². The lowest BCUT2D eigenvalue weighted by atomic mass is 10.0. The van der Waals surface area contributed by atoms with Crippen molar-refractivity contribution < 1.29 is 23.8 Å². The van der Waals surface area contributed by atoms with Crippen LogP contribution >= 0.6 is 0 Å². The van der Waals surface area contributed by atoms with Crippen molar-refractivity contribution >= 4 is 11.6 Å². The van der Waals surface area contributed by atoms with E-state index in [1.807, 2.05) is 47.4 Å². The van der Waals surface area contributed by atoms with Crippen molar-refractivity contribution in [1.82, 2.24) is 4.90 Å². The Kier molecular flexibility index (Phi) is 6.30. The monoisotopic (exact) mass is 424 g/mol. The van der Waals surface area contributed by atoms with Crippen LogP contribution in [0.3, 0.4) is 0 Å². The molecule has 2 aliphatic rings. The fourth-order valence-electron chi connectivity index (χ4n) is 3.77. The highest BCUT2D eigenvalue weighted by molar-refractivity contribution is 6.01. The van der Waals surface area contributed by atoms with Crippen molar-refractivity contribution in [1.29, 1.82) is 0 Å². The Hall–Kier alpha value is -3.22. The van der Waals surface area contributed by atoms with Gasteiger partial charge >= 0.3 is 0 Å². The van der Waals surface area contributed by atoms with Crippen LogP contribution in [-0.2, 0) is 16.2 Å². The summed E-state index contributed by atoms with van der Waals surface area (Å²) in [6.45, 7) is 1.02. The second kappa shape index (κ2) is 9.29. The van der Waals surface area contributed by atoms with Gasteiger partial charge in [0.2, 0.25) is 5.91 Å². The molecule has 0 saturated heterocycles. The van der Waals surface area contributed by atoms with Crippen LogP contribution in [0.5, 0.6) is 17.2 Å². The molecule has 1 saturated carbocycles. The summed E-state index contributed by atoms with van der Waals surface area (Å²) in [5.74, 6) is 2.42. The third-order valence-corrected chi connectivity index (χ3v) is 5.62. The molecule has 1 atom stereocenters. The Morgan fingerprint density at radius 2 is 1.87 bits per heavy atom. The number of hydrogen-bond donors (Lipinski definition) is 0. The normalized spacial score (nSPS) is 17.5. The number of methoxy groups -OCH3 is 3. The minimum absolute atomic E-state index is 0.137. The molecule has 4 rings (SSSR count). The molecule has 0 radical (unpaired) electrons. The summed E-state index contributed by atoms with van der Waals surface area (Å²) in [7, 11) is 4.86. The van der Waals surface area contributed by atoms with Gasteiger partial charge in [-0.2, -0.15) is 0 Å². The van der Waals surface area contributed by atoms with Crippen LogP contribution in [0.2, 0.25) is 0 Å². The summed E-state index contributed by atoms with van der Waals surface area (Å²) in [6, 6.07) is 13.5. The topological polar surface area (TPSA) is 69.6 Å². The Balaban J connectivity index is 1.44. The van der Waals surface area contributed by atoms with Gasteiger partial charge in [-0.15, -0.1) is 0 Å². The number of nitrogens with zero attached hydrogens (tertiary/aromatic N) is 2. The lowest BCUT2D eigenvalue weighted by molar-refractivity contribution is -0.135. The van der Waals surface area contributed by atoms with Gasteiger partial charge in [-0.1, -0.05) is 17.3 Å². The second-order valence-electron chi connectivity index (χ2n) is 7.88. The molecule has 1 aliphatic heterocycles. The molecular weight excluding hydrogens is 396 g/mol. The highest BCUT2D eigenvalue weighted by Gasteiger charge is 2.35. The maximum absolute atomic E-state index is 12.9. The number of oxime groups is 1. The van der Waals surface area contributed by atoms with E-state index < -0.39 is 0 Å². The average Bonchev–Trinajstić information content (AvgIpc) is 3.56. The van der Waals surface area contributed by atoms with E-state index in [1.54, 1.807) is 21.3 Å². The molecule has 2 aromatic rings. The SMILES string of the molecule is COc1cccc(CN(C[C@@H]2CC(c3ccc(OC)c(OC)c3)=NO2)C(=O)C2CC2)c1. The van der Waals surface area contributed by atoms with E-state index >= 15 is 0 Å². The third-order valence-electron chi connectivity index (χ3n) is 5.62. The smallest absolute Gasteiger partial charge is 0.226 e. The minimum Gasteiger partial charge on any atom is -0.497 e. The van der Waals surface area contributed by atoms with Crippen LogP contribution in [0, 0.1) is 5.92 Å². The zero-order valence-electron chi connectivity index (χ0n) is 18.2. The van der Waals surface area contributed by atoms with Crippen molar-refractivity contribution in [3.63, 3.8) is 0 Å². The number of ether oxygens (including phenoxy) is 3. The lowest BCUT2D eigenvalue weighted by Crippen LogP contribution is -2.38. The highest BCUT2D eigenvalue weighted by atomic mass is 16.6. The molecule has 2 aromatic carbocycles. The average molecular weight is 424 g/mol. The third kappa shape index (κ3) is 4.93. The molecule has 7 heteroatoms. The van der Waals surface area contributed by atoms with Gasteiger partial charge in [0.05, 0.1) is 33.6 Å². The second-order valence-corrected chi connectivity index (χ2v) is 7.88. The van der Waals surface area contributed by atoms with Gasteiger partial charge in [-0.3, -0.25) is 4.79 Å². The fraction of sp³-hybridized carbons (Fsp3) is 0.417. The molecular formula is C24H28N2O5. The number of rotatable bonds is 9. The van der Waals surface area contributed by atoms with Gasteiger partial charge < -0.3 is 23.9 Å². The number of amides is 1. The van der Waals surface area contributed by atoms with Crippen LogP contribution in [0.1, 0.15) is 30.4 Å². The first-order valence-corrected chi connectivity index (χ1v) is 10.5. The summed E-state index contributed by atoms with van der Waals surface area (Å²) in [4.78, 5) is 20.5. The molecule has 0 bridgehead atoms. The predicted octanol–water partition coefficient (Wildman–Crippen LogP) is 3.64. The van der Waals surface area contributed by atoms with E-state index in [-0.39, 0.29) is 17.9 Å². The van der Waals surface area contributed by atoms with Gasteiger partial charge in [0.25, 0.3) is 0 Å². The molecule has 164 valence electrons. The minimum atomic E-state index is -0.184. The van der Waals surface area contributed by atoms with E-state index in [0.717, 1.165) is 35.4 Å². The number of hydrogen-bond acceptors (Lipinski definition) is 6. The fourth-order valence-corrected chi connectivity index (χ4v) is 3.77. The van der Waals surface area contributed by atoms with E-state index in [4.69, 9.17) is 19.0 Å². The van der Waals surface area contributed by atoms with Crippen molar-refractivity contribution in [2.24, 2.45) is 11.1 Å². The van der Waals surface area contributed by atoms with Crippen LogP contribution in [-0.4, -0.2) is 50.5 Å². The number of carbonyl (C=O) groups is 1. The largest absolute Gasteiger partial charge is 0.497 e. The van der Waals surface area contributed by atoms with Crippen LogP contribution in [0.15, 0.2) is 47.6 Å². The van der Waals surface area contributed by atoms with E-state index in [1.165, 1.54) is 0 Å². The zero-order chi connectivity index (χ0) is 21.8. The maximum Gasteiger partial charge on any atom is 0.226 e. The molecule has 31 heavy (non-hydrogen) atoms. The Morgan fingerprint density at radius 1 is 1.06 bits per heavy atom. The maximum atomic E-state index is 12.9. The van der Waals surface area contributed by atoms with Crippen molar-refractivity contribution in [3.05, 3.63) is 53.6 Å². The van der Waals surface area contributed by atoms with Gasteiger partial charge in [0.1, 0.15) is 5.75 Å². The summed E-state index contributed by atoms with van der Waals surface area (Å²) in [5, 5.41) is 4.29. The quantitative estimate of drug-likeness (QED) is 0.615. The predicted molar refractivity (Wildman–Crippen MR) is 117 cm³/mol. The first kappa shape index (κ1) is 21.0. The molecule has 1 fully saturated rings. The van der Waals surface area contributed by atoms with Gasteiger partial charge in [0, 0.05) is 24.4 Å². The first-order valence-electron chi connectivity index (χ1n) is 10.5. The Labute approximate surface area is 182 Å². The standard InChI is InChI=1S/C24H28N2O5/c1-28-19-6-4-5-16(11-19)14-26(24(27)17-7-8-17)15-20-13-21(25-31-20)18-9-10-22(29-2)23(12-18)30-3/h4-6,9-12,17,20H,7-8,13-15H2,1-3H3/t20-/m0/s1. The zero-order valence-corrected chi connectivity index (χ0v) is 18.2. The number of carbonyl (C=O) groups excluding carboxylic acids is 1. The number of benzene rings is 2. The van der Waals surface area contributed by atoms with E-state index in [2.05, 4.69) is 5.16 Å². The Bertz CT molecular complexity index is 970. The van der Waals surface area contributed by atoms with Gasteiger partial charge in [-0.05, 0) is 48.7 Å². The van der Waals surface area contributed by atoms with Gasteiger partial charge in [0.15, 0.2) is 17.6 Å². The molecule has 1 heterocycles. The molecule has 0 N–H and O–H groups in total. The molecule has 0 unspecified atom stereocenters. The van der Waals surface area contributed by atoms with Crippen molar-refractivity contribution in [2.45, 2.75) is 31.9 Å². The molecule has 1 aliphatic carbocycles. The molecule has 7 nitrogen and oxygen atoms in total. The molecule has 1 amide bonds.